The molecule has 0 saturated carbocycles. The number of hydrogen-bond donors (Lipinski definition) is 2. The van der Waals surface area contributed by atoms with Gasteiger partial charge in [-0.2, -0.15) is 0 Å². The number of benzene rings is 1. The van der Waals surface area contributed by atoms with Gasteiger partial charge in [-0.05, 0) is 24.6 Å². The van der Waals surface area contributed by atoms with Gasteiger partial charge in [0.1, 0.15) is 0 Å². The quantitative estimate of drug-likeness (QED) is 0.842. The van der Waals surface area contributed by atoms with E-state index >= 15 is 0 Å². The SMILES string of the molecule is CC(NS(=O)(=O)CCO)c1ccc(Cl)cc1. The Bertz CT molecular complexity index is 430. The third kappa shape index (κ3) is 4.09. The molecule has 6 heteroatoms. The first kappa shape index (κ1) is 13.4. The van der Waals surface area contributed by atoms with E-state index in [1.807, 2.05) is 0 Å². The van der Waals surface area contributed by atoms with Crippen LogP contribution in [-0.2, 0) is 10.0 Å². The van der Waals surface area contributed by atoms with Crippen molar-refractivity contribution >= 4 is 21.6 Å². The molecular weight excluding hydrogens is 250 g/mol. The fraction of sp³-hybridized carbons (Fsp3) is 0.400. The molecule has 1 aromatic rings. The van der Waals surface area contributed by atoms with Gasteiger partial charge in [-0.1, -0.05) is 23.7 Å². The van der Waals surface area contributed by atoms with E-state index in [9.17, 15) is 8.42 Å². The van der Waals surface area contributed by atoms with E-state index in [-0.39, 0.29) is 18.4 Å². The standard InChI is InChI=1S/C10H14ClNO3S/c1-8(12-16(14,15)7-6-13)9-2-4-10(11)5-3-9/h2-5,8,12-13H,6-7H2,1H3. The maximum absolute atomic E-state index is 11.4. The molecule has 0 radical (unpaired) electrons. The van der Waals surface area contributed by atoms with Crippen LogP contribution in [-0.4, -0.2) is 25.9 Å². The summed E-state index contributed by atoms with van der Waals surface area (Å²) in [5, 5.41) is 9.19. The molecule has 0 aromatic heterocycles. The molecule has 4 nitrogen and oxygen atoms in total. The summed E-state index contributed by atoms with van der Waals surface area (Å²) in [6.45, 7) is 1.35. The maximum Gasteiger partial charge on any atom is 0.214 e. The molecule has 0 amide bonds. The monoisotopic (exact) mass is 263 g/mol. The topological polar surface area (TPSA) is 66.4 Å². The Balaban J connectivity index is 2.72. The van der Waals surface area contributed by atoms with E-state index in [2.05, 4.69) is 4.72 Å². The molecule has 1 aromatic carbocycles. The van der Waals surface area contributed by atoms with Crippen molar-refractivity contribution in [2.75, 3.05) is 12.4 Å². The van der Waals surface area contributed by atoms with Gasteiger partial charge in [-0.3, -0.25) is 0 Å². The number of hydrogen-bond acceptors (Lipinski definition) is 3. The lowest BCUT2D eigenvalue weighted by Crippen LogP contribution is -2.30. The van der Waals surface area contributed by atoms with Crippen molar-refractivity contribution in [3.05, 3.63) is 34.9 Å². The zero-order valence-electron chi connectivity index (χ0n) is 8.85. The van der Waals surface area contributed by atoms with E-state index < -0.39 is 10.0 Å². The lowest BCUT2D eigenvalue weighted by molar-refractivity contribution is 0.319. The number of sulfonamides is 1. The lowest BCUT2D eigenvalue weighted by Gasteiger charge is -2.14. The third-order valence-corrected chi connectivity index (χ3v) is 3.77. The summed E-state index contributed by atoms with van der Waals surface area (Å²) in [6.07, 6.45) is 0. The molecule has 1 atom stereocenters. The van der Waals surface area contributed by atoms with Crippen LogP contribution in [0.4, 0.5) is 0 Å². The van der Waals surface area contributed by atoms with E-state index in [4.69, 9.17) is 16.7 Å². The largest absolute Gasteiger partial charge is 0.395 e. The summed E-state index contributed by atoms with van der Waals surface area (Å²) in [5.41, 5.74) is 0.825. The zero-order valence-corrected chi connectivity index (χ0v) is 10.4. The van der Waals surface area contributed by atoms with Crippen LogP contribution in [0.3, 0.4) is 0 Å². The summed E-state index contributed by atoms with van der Waals surface area (Å²) in [6, 6.07) is 6.58. The van der Waals surface area contributed by atoms with Gasteiger partial charge in [-0.15, -0.1) is 0 Å². The third-order valence-electron chi connectivity index (χ3n) is 2.09. The molecule has 1 rings (SSSR count). The minimum Gasteiger partial charge on any atom is -0.395 e. The van der Waals surface area contributed by atoms with Crippen molar-refractivity contribution in [3.63, 3.8) is 0 Å². The van der Waals surface area contributed by atoms with Crippen LogP contribution in [0, 0.1) is 0 Å². The average Bonchev–Trinajstić information content (AvgIpc) is 2.17. The Labute approximate surface area is 100 Å². The molecule has 0 fully saturated rings. The van der Waals surface area contributed by atoms with Gasteiger partial charge in [-0.25, -0.2) is 13.1 Å². The van der Waals surface area contributed by atoms with Crippen LogP contribution in [0.15, 0.2) is 24.3 Å². The van der Waals surface area contributed by atoms with Gasteiger partial charge in [0.25, 0.3) is 0 Å². The summed E-state index contributed by atoms with van der Waals surface area (Å²) in [4.78, 5) is 0. The Morgan fingerprint density at radius 3 is 2.44 bits per heavy atom. The summed E-state index contributed by atoms with van der Waals surface area (Å²) >= 11 is 5.73. The highest BCUT2D eigenvalue weighted by Gasteiger charge is 2.14. The highest BCUT2D eigenvalue weighted by molar-refractivity contribution is 7.89. The molecule has 0 bridgehead atoms. The molecule has 0 aliphatic carbocycles. The first-order chi connectivity index (χ1) is 7.44. The molecule has 90 valence electrons. The van der Waals surface area contributed by atoms with Crippen LogP contribution in [0.2, 0.25) is 5.02 Å². The van der Waals surface area contributed by atoms with Crippen LogP contribution < -0.4 is 4.72 Å². The number of rotatable bonds is 5. The van der Waals surface area contributed by atoms with Crippen molar-refractivity contribution in [2.45, 2.75) is 13.0 Å². The highest BCUT2D eigenvalue weighted by Crippen LogP contribution is 2.16. The van der Waals surface area contributed by atoms with Crippen molar-refractivity contribution in [1.29, 1.82) is 0 Å². The minimum absolute atomic E-state index is 0.287. The number of aliphatic hydroxyl groups excluding tert-OH is 1. The van der Waals surface area contributed by atoms with Gasteiger partial charge in [0, 0.05) is 11.1 Å². The molecule has 0 aliphatic rings. The first-order valence-electron chi connectivity index (χ1n) is 4.81. The van der Waals surface area contributed by atoms with Crippen molar-refractivity contribution in [1.82, 2.24) is 4.72 Å². The Kier molecular flexibility index (Phi) is 4.73. The lowest BCUT2D eigenvalue weighted by atomic mass is 10.1. The fourth-order valence-corrected chi connectivity index (χ4v) is 2.43. The van der Waals surface area contributed by atoms with Gasteiger partial charge in [0.2, 0.25) is 10.0 Å². The van der Waals surface area contributed by atoms with Crippen molar-refractivity contribution < 1.29 is 13.5 Å². The van der Waals surface area contributed by atoms with E-state index in [0.717, 1.165) is 5.56 Å². The average molecular weight is 264 g/mol. The van der Waals surface area contributed by atoms with E-state index in [1.54, 1.807) is 31.2 Å². The van der Waals surface area contributed by atoms with Crippen LogP contribution in [0.5, 0.6) is 0 Å². The van der Waals surface area contributed by atoms with Gasteiger partial charge in [0.05, 0.1) is 12.4 Å². The van der Waals surface area contributed by atoms with Crippen LogP contribution in [0.1, 0.15) is 18.5 Å². The van der Waals surface area contributed by atoms with E-state index in [1.165, 1.54) is 0 Å². The zero-order chi connectivity index (χ0) is 12.2. The van der Waals surface area contributed by atoms with Crippen molar-refractivity contribution in [2.24, 2.45) is 0 Å². The predicted molar refractivity (Wildman–Crippen MR) is 63.9 cm³/mol. The molecule has 0 saturated heterocycles. The Morgan fingerprint density at radius 2 is 1.94 bits per heavy atom. The summed E-state index contributed by atoms with van der Waals surface area (Å²) in [7, 11) is -3.42. The summed E-state index contributed by atoms with van der Waals surface area (Å²) in [5.74, 6) is -0.287. The second-order valence-corrected chi connectivity index (χ2v) is 5.74. The molecule has 2 N–H and O–H groups in total. The molecule has 0 aliphatic heterocycles. The van der Waals surface area contributed by atoms with Gasteiger partial charge < -0.3 is 5.11 Å². The minimum atomic E-state index is -3.42. The molecular formula is C10H14ClNO3S. The van der Waals surface area contributed by atoms with Crippen LogP contribution in [0.25, 0.3) is 0 Å². The second kappa shape index (κ2) is 5.63. The first-order valence-corrected chi connectivity index (χ1v) is 6.84. The molecule has 0 spiro atoms. The van der Waals surface area contributed by atoms with Gasteiger partial charge >= 0.3 is 0 Å². The molecule has 0 heterocycles. The molecule has 1 unspecified atom stereocenters. The Hall–Kier alpha value is -0.620. The van der Waals surface area contributed by atoms with E-state index in [0.29, 0.717) is 5.02 Å². The smallest absolute Gasteiger partial charge is 0.214 e. The molecule has 16 heavy (non-hydrogen) atoms. The number of nitrogens with one attached hydrogen (secondary N) is 1. The van der Waals surface area contributed by atoms with Gasteiger partial charge in [0.15, 0.2) is 0 Å². The normalized spacial score (nSPS) is 13.7. The highest BCUT2D eigenvalue weighted by atomic mass is 35.5. The Morgan fingerprint density at radius 1 is 1.38 bits per heavy atom. The number of halogens is 1. The fourth-order valence-electron chi connectivity index (χ4n) is 1.27. The summed E-state index contributed by atoms with van der Waals surface area (Å²) < 4.78 is 25.2. The second-order valence-electron chi connectivity index (χ2n) is 3.43. The van der Waals surface area contributed by atoms with Crippen molar-refractivity contribution in [3.8, 4) is 0 Å². The number of aliphatic hydroxyl groups is 1. The predicted octanol–water partition coefficient (Wildman–Crippen LogP) is 1.31. The van der Waals surface area contributed by atoms with Crippen LogP contribution >= 0.6 is 11.6 Å². The maximum atomic E-state index is 11.4.